The SMILES string of the molecule is CC(C)c1[c-]c(C(C)C)ccc1.CC(C)c1cccc(C(C)C)c1-c1ccc2cccc3c2c1C(=N)C3=N.[Br-].[Br-].[Ni+3]. The number of rotatable bonds is 5. The first-order valence-electron chi connectivity index (χ1n) is 13.9. The molecule has 5 heteroatoms. The Hall–Kier alpha value is -2.07. The van der Waals surface area contributed by atoms with E-state index in [2.05, 4.69) is 116 Å². The third-order valence-electron chi connectivity index (χ3n) is 7.54. The first-order valence-corrected chi connectivity index (χ1v) is 13.9. The van der Waals surface area contributed by atoms with Crippen molar-refractivity contribution in [3.05, 3.63) is 106 Å². The van der Waals surface area contributed by atoms with Crippen LogP contribution >= 0.6 is 0 Å². The maximum atomic E-state index is 8.65. The molecule has 0 unspecified atom stereocenters. The van der Waals surface area contributed by atoms with Crippen molar-refractivity contribution >= 4 is 22.2 Å². The molecule has 0 saturated carbocycles. The van der Waals surface area contributed by atoms with Gasteiger partial charge in [-0.25, -0.2) is 0 Å². The van der Waals surface area contributed by atoms with E-state index in [-0.39, 0.29) is 50.5 Å². The van der Waals surface area contributed by atoms with Gasteiger partial charge >= 0.3 is 16.5 Å². The van der Waals surface area contributed by atoms with Gasteiger partial charge < -0.3 is 34.0 Å². The van der Waals surface area contributed by atoms with E-state index in [0.717, 1.165) is 27.5 Å². The number of benzene rings is 4. The Morgan fingerprint density at radius 2 is 1.00 bits per heavy atom. The molecule has 2 nitrogen and oxygen atoms in total. The van der Waals surface area contributed by atoms with E-state index in [1.807, 2.05) is 12.1 Å². The van der Waals surface area contributed by atoms with Crippen LogP contribution in [0.4, 0.5) is 0 Å². The van der Waals surface area contributed by atoms with E-state index in [1.54, 1.807) is 0 Å². The molecular formula is C36H41Br2N2Ni. The number of halogens is 2. The van der Waals surface area contributed by atoms with E-state index in [4.69, 9.17) is 10.8 Å². The van der Waals surface area contributed by atoms with Gasteiger partial charge in [-0.3, -0.25) is 10.8 Å². The Morgan fingerprint density at radius 3 is 1.49 bits per heavy atom. The van der Waals surface area contributed by atoms with Gasteiger partial charge in [0.1, 0.15) is 0 Å². The summed E-state index contributed by atoms with van der Waals surface area (Å²) in [5, 5.41) is 19.3. The van der Waals surface area contributed by atoms with Gasteiger partial charge in [0.15, 0.2) is 0 Å². The van der Waals surface area contributed by atoms with Gasteiger partial charge in [-0.15, -0.1) is 0 Å². The molecule has 1 radical (unpaired) electrons. The monoisotopic (exact) mass is 717 g/mol. The summed E-state index contributed by atoms with van der Waals surface area (Å²) >= 11 is 0. The third-order valence-corrected chi connectivity index (χ3v) is 7.54. The zero-order chi connectivity index (χ0) is 27.7. The van der Waals surface area contributed by atoms with E-state index in [1.165, 1.54) is 27.8 Å². The molecule has 0 amide bonds. The smallest absolute Gasteiger partial charge is 1.00 e. The summed E-state index contributed by atoms with van der Waals surface area (Å²) in [6.45, 7) is 17.7. The second-order valence-electron chi connectivity index (χ2n) is 11.6. The van der Waals surface area contributed by atoms with Crippen LogP contribution in [0.1, 0.15) is 112 Å². The van der Waals surface area contributed by atoms with Crippen LogP contribution in [-0.4, -0.2) is 11.4 Å². The van der Waals surface area contributed by atoms with Crippen molar-refractivity contribution in [2.24, 2.45) is 0 Å². The van der Waals surface area contributed by atoms with Crippen LogP contribution in [0.2, 0.25) is 0 Å². The molecule has 5 rings (SSSR count). The average Bonchev–Trinajstić information content (AvgIpc) is 3.16. The maximum absolute atomic E-state index is 8.65. The molecule has 0 saturated heterocycles. The van der Waals surface area contributed by atoms with Gasteiger partial charge in [0.2, 0.25) is 0 Å². The van der Waals surface area contributed by atoms with E-state index < -0.39 is 0 Å². The minimum atomic E-state index is 0. The molecule has 0 atom stereocenters. The van der Waals surface area contributed by atoms with E-state index in [0.29, 0.717) is 35.1 Å². The Kier molecular flexibility index (Phi) is 13.9. The number of hydrogen-bond donors (Lipinski definition) is 2. The summed E-state index contributed by atoms with van der Waals surface area (Å²) in [6.07, 6.45) is 0. The van der Waals surface area contributed by atoms with Crippen molar-refractivity contribution < 1.29 is 50.5 Å². The van der Waals surface area contributed by atoms with Crippen molar-refractivity contribution in [2.45, 2.75) is 79.1 Å². The molecule has 0 aliphatic heterocycles. The summed E-state index contributed by atoms with van der Waals surface area (Å²) < 4.78 is 0. The maximum Gasteiger partial charge on any atom is 3.00 e. The largest absolute Gasteiger partial charge is 3.00 e. The Balaban J connectivity index is 0.000000481. The Morgan fingerprint density at radius 1 is 0.512 bits per heavy atom. The summed E-state index contributed by atoms with van der Waals surface area (Å²) in [5.74, 6) is 1.97. The van der Waals surface area contributed by atoms with Crippen LogP contribution < -0.4 is 34.0 Å². The normalized spacial score (nSPS) is 11.8. The molecule has 0 bridgehead atoms. The first kappa shape index (κ1) is 37.0. The molecule has 2 N–H and O–H groups in total. The summed E-state index contributed by atoms with van der Waals surface area (Å²) in [4.78, 5) is 0. The second kappa shape index (κ2) is 15.4. The zero-order valence-corrected chi connectivity index (χ0v) is 29.4. The van der Waals surface area contributed by atoms with Crippen LogP contribution in [0, 0.1) is 16.9 Å². The molecule has 0 heterocycles. The van der Waals surface area contributed by atoms with Crippen LogP contribution in [-0.2, 0) is 16.5 Å². The molecule has 4 aromatic carbocycles. The Bertz CT molecular complexity index is 1470. The molecule has 219 valence electrons. The molecular weight excluding hydrogens is 679 g/mol. The van der Waals surface area contributed by atoms with Crippen molar-refractivity contribution in [1.29, 1.82) is 10.8 Å². The molecule has 1 aliphatic carbocycles. The second-order valence-corrected chi connectivity index (χ2v) is 11.6. The van der Waals surface area contributed by atoms with Crippen molar-refractivity contribution in [1.82, 2.24) is 0 Å². The van der Waals surface area contributed by atoms with Crippen molar-refractivity contribution in [3.63, 3.8) is 0 Å². The van der Waals surface area contributed by atoms with Crippen molar-refractivity contribution in [3.8, 4) is 11.1 Å². The van der Waals surface area contributed by atoms with Crippen LogP contribution in [0.5, 0.6) is 0 Å². The predicted octanol–water partition coefficient (Wildman–Crippen LogP) is 4.24. The minimum Gasteiger partial charge on any atom is -1.00 e. The standard InChI is InChI=1S/C24H24N2.C12H17.2BrH.Ni/c1-13(2)16-8-6-9-17(14(3)4)21(16)18-12-11-15-7-5-10-19-20(15)22(18)24(26)23(19)25;1-9(2)11-6-5-7-12(8-11)10(3)4;;;/h5-14,25-26H,1-4H3;5-7,9-10H,1-4H3;2*1H;/q;-1;;;+3/p-2. The van der Waals surface area contributed by atoms with Gasteiger partial charge in [0.05, 0.1) is 11.4 Å². The molecule has 0 fully saturated rings. The van der Waals surface area contributed by atoms with Gasteiger partial charge in [-0.1, -0.05) is 104 Å². The summed E-state index contributed by atoms with van der Waals surface area (Å²) in [5.41, 5.74) is 10.1. The van der Waals surface area contributed by atoms with E-state index in [9.17, 15) is 0 Å². The summed E-state index contributed by atoms with van der Waals surface area (Å²) in [6, 6.07) is 26.8. The number of nitrogens with one attached hydrogen (secondary N) is 2. The predicted molar refractivity (Wildman–Crippen MR) is 165 cm³/mol. The van der Waals surface area contributed by atoms with Crippen LogP contribution in [0.25, 0.3) is 21.9 Å². The minimum absolute atomic E-state index is 0. The van der Waals surface area contributed by atoms with Gasteiger partial charge in [-0.2, -0.15) is 35.4 Å². The van der Waals surface area contributed by atoms with E-state index >= 15 is 0 Å². The zero-order valence-electron chi connectivity index (χ0n) is 25.2. The van der Waals surface area contributed by atoms with Crippen molar-refractivity contribution in [2.75, 3.05) is 0 Å². The van der Waals surface area contributed by atoms with Gasteiger partial charge in [0.25, 0.3) is 0 Å². The number of hydrogen-bond acceptors (Lipinski definition) is 2. The first-order chi connectivity index (χ1) is 18.0. The third kappa shape index (κ3) is 7.48. The fraction of sp³-hybridized carbons (Fsp3) is 0.333. The topological polar surface area (TPSA) is 47.7 Å². The average molecular weight is 720 g/mol. The van der Waals surface area contributed by atoms with Crippen LogP contribution in [0.15, 0.2) is 66.7 Å². The Labute approximate surface area is 278 Å². The summed E-state index contributed by atoms with van der Waals surface area (Å²) in [7, 11) is 0. The molecule has 4 aromatic rings. The van der Waals surface area contributed by atoms with Gasteiger partial charge in [0, 0.05) is 16.5 Å². The quantitative estimate of drug-likeness (QED) is 0.229. The molecule has 0 aromatic heterocycles. The van der Waals surface area contributed by atoms with Gasteiger partial charge in [-0.05, 0) is 51.3 Å². The fourth-order valence-electron chi connectivity index (χ4n) is 5.36. The molecule has 0 spiro atoms. The molecule has 1 aliphatic rings. The van der Waals surface area contributed by atoms with Crippen LogP contribution in [0.3, 0.4) is 0 Å². The molecule has 41 heavy (non-hydrogen) atoms. The fourth-order valence-corrected chi connectivity index (χ4v) is 5.36.